The highest BCUT2D eigenvalue weighted by Crippen LogP contribution is 2.26. The first kappa shape index (κ1) is 13.0. The lowest BCUT2D eigenvalue weighted by molar-refractivity contribution is -0.903. The summed E-state index contributed by atoms with van der Waals surface area (Å²) in [4.78, 5) is 20.7. The summed E-state index contributed by atoms with van der Waals surface area (Å²) in [6.45, 7) is -0.515. The van der Waals surface area contributed by atoms with Gasteiger partial charge >= 0.3 is 16.8 Å². The second-order valence-corrected chi connectivity index (χ2v) is 3.20. The standard InChI is InChI=1S/C8H8ClN2O6/c1-16-8(12)4-17-6-3-10(13)7(9)2-5(6)11(14)15/h2-3,13H,4H2,1H3/q+1. The van der Waals surface area contributed by atoms with Crippen molar-refractivity contribution in [1.29, 1.82) is 0 Å². The minimum atomic E-state index is -0.751. The van der Waals surface area contributed by atoms with Crippen molar-refractivity contribution in [3.05, 3.63) is 27.5 Å². The number of carbonyl (C=O) groups excluding carboxylic acids is 1. The Balaban J connectivity index is 3.00. The van der Waals surface area contributed by atoms with E-state index in [2.05, 4.69) is 4.74 Å². The number of halogens is 1. The van der Waals surface area contributed by atoms with Crippen LogP contribution in [0.4, 0.5) is 5.69 Å². The molecule has 1 rings (SSSR count). The Morgan fingerprint density at radius 3 is 2.88 bits per heavy atom. The normalized spacial score (nSPS) is 9.76. The van der Waals surface area contributed by atoms with Crippen LogP contribution in [0.25, 0.3) is 0 Å². The average Bonchev–Trinajstić information content (AvgIpc) is 2.29. The van der Waals surface area contributed by atoms with E-state index < -0.39 is 23.2 Å². The molecule has 9 heteroatoms. The molecule has 0 saturated carbocycles. The molecule has 0 aliphatic rings. The van der Waals surface area contributed by atoms with Crippen molar-refractivity contribution in [3.8, 4) is 5.75 Å². The minimum absolute atomic E-state index is 0.262. The van der Waals surface area contributed by atoms with Gasteiger partial charge in [-0.1, -0.05) is 0 Å². The molecule has 17 heavy (non-hydrogen) atoms. The fraction of sp³-hybridized carbons (Fsp3) is 0.250. The molecule has 92 valence electrons. The monoisotopic (exact) mass is 263 g/mol. The van der Waals surface area contributed by atoms with Crippen molar-refractivity contribution in [1.82, 2.24) is 0 Å². The van der Waals surface area contributed by atoms with E-state index >= 15 is 0 Å². The molecule has 0 spiro atoms. The third-order valence-corrected chi connectivity index (χ3v) is 2.02. The van der Waals surface area contributed by atoms with Gasteiger partial charge in [0.25, 0.3) is 11.9 Å². The Labute approximate surface area is 100 Å². The van der Waals surface area contributed by atoms with E-state index in [1.807, 2.05) is 0 Å². The summed E-state index contributed by atoms with van der Waals surface area (Å²) in [7, 11) is 1.15. The molecule has 0 unspecified atom stereocenters. The number of methoxy groups -OCH3 is 1. The summed E-state index contributed by atoms with van der Waals surface area (Å²) in [6.07, 6.45) is 0.878. The number of nitrogens with zero attached hydrogens (tertiary/aromatic N) is 2. The fourth-order valence-electron chi connectivity index (χ4n) is 0.938. The van der Waals surface area contributed by atoms with Gasteiger partial charge in [0, 0.05) is 4.73 Å². The maximum absolute atomic E-state index is 10.8. The van der Waals surface area contributed by atoms with Crippen molar-refractivity contribution in [2.75, 3.05) is 13.7 Å². The zero-order chi connectivity index (χ0) is 13.0. The highest BCUT2D eigenvalue weighted by molar-refractivity contribution is 6.28. The molecule has 1 aromatic heterocycles. The van der Waals surface area contributed by atoms with Gasteiger partial charge in [-0.05, 0) is 11.6 Å². The number of pyridine rings is 1. The van der Waals surface area contributed by atoms with Crippen LogP contribution < -0.4 is 9.47 Å². The highest BCUT2D eigenvalue weighted by Gasteiger charge is 2.25. The minimum Gasteiger partial charge on any atom is -0.471 e. The van der Waals surface area contributed by atoms with Crippen LogP contribution in [-0.2, 0) is 9.53 Å². The Hall–Kier alpha value is -2.09. The number of hydrogen-bond acceptors (Lipinski definition) is 6. The van der Waals surface area contributed by atoms with E-state index in [4.69, 9.17) is 16.3 Å². The van der Waals surface area contributed by atoms with Crippen molar-refractivity contribution in [2.45, 2.75) is 0 Å². The van der Waals surface area contributed by atoms with Gasteiger partial charge in [0.1, 0.15) is 6.07 Å². The van der Waals surface area contributed by atoms with Gasteiger partial charge in [0.2, 0.25) is 0 Å². The second kappa shape index (κ2) is 5.30. The van der Waals surface area contributed by atoms with Crippen LogP contribution >= 0.6 is 11.6 Å². The van der Waals surface area contributed by atoms with E-state index in [0.29, 0.717) is 4.73 Å². The number of ether oxygens (including phenoxy) is 2. The topological polar surface area (TPSA) is 103 Å². The predicted molar refractivity (Wildman–Crippen MR) is 53.0 cm³/mol. The first-order valence-electron chi connectivity index (χ1n) is 4.24. The lowest BCUT2D eigenvalue weighted by Crippen LogP contribution is -2.31. The summed E-state index contributed by atoms with van der Waals surface area (Å²) in [6, 6.07) is 0.897. The number of hydrogen-bond donors (Lipinski definition) is 1. The Kier molecular flexibility index (Phi) is 4.05. The van der Waals surface area contributed by atoms with E-state index in [1.165, 1.54) is 0 Å². The Morgan fingerprint density at radius 2 is 2.35 bits per heavy atom. The van der Waals surface area contributed by atoms with Crippen LogP contribution in [0.5, 0.6) is 5.75 Å². The molecule has 0 radical (unpaired) electrons. The van der Waals surface area contributed by atoms with Gasteiger partial charge in [-0.25, -0.2) is 4.79 Å². The Bertz CT molecular complexity index is 464. The van der Waals surface area contributed by atoms with Crippen LogP contribution in [0, 0.1) is 10.1 Å². The van der Waals surface area contributed by atoms with Crippen LogP contribution in [0.2, 0.25) is 5.15 Å². The fourth-order valence-corrected chi connectivity index (χ4v) is 1.09. The average molecular weight is 264 g/mol. The van der Waals surface area contributed by atoms with E-state index in [9.17, 15) is 20.1 Å². The van der Waals surface area contributed by atoms with Crippen LogP contribution in [0.1, 0.15) is 0 Å². The second-order valence-electron chi connectivity index (χ2n) is 2.81. The lowest BCUT2D eigenvalue weighted by atomic mass is 10.4. The zero-order valence-corrected chi connectivity index (χ0v) is 9.38. The van der Waals surface area contributed by atoms with Crippen molar-refractivity contribution in [2.24, 2.45) is 0 Å². The van der Waals surface area contributed by atoms with Gasteiger partial charge in [0.15, 0.2) is 6.61 Å². The van der Waals surface area contributed by atoms with Crippen LogP contribution in [0.15, 0.2) is 12.3 Å². The molecule has 8 nitrogen and oxygen atoms in total. The molecule has 1 heterocycles. The summed E-state index contributed by atoms with van der Waals surface area (Å²) >= 11 is 5.48. The summed E-state index contributed by atoms with van der Waals surface area (Å²) in [5.74, 6) is -1.01. The van der Waals surface area contributed by atoms with Crippen LogP contribution in [0.3, 0.4) is 0 Å². The number of carbonyl (C=O) groups is 1. The molecule has 0 bridgehead atoms. The van der Waals surface area contributed by atoms with E-state index in [0.717, 1.165) is 19.4 Å². The lowest BCUT2D eigenvalue weighted by Gasteiger charge is -2.03. The molecule has 0 atom stereocenters. The highest BCUT2D eigenvalue weighted by atomic mass is 35.5. The van der Waals surface area contributed by atoms with Gasteiger partial charge in [-0.2, -0.15) is 0 Å². The summed E-state index contributed by atoms with van der Waals surface area (Å²) in [5, 5.41) is 19.6. The molecule has 0 amide bonds. The quantitative estimate of drug-likeness (QED) is 0.210. The summed E-state index contributed by atoms with van der Waals surface area (Å²) < 4.78 is 9.56. The van der Waals surface area contributed by atoms with E-state index in [-0.39, 0.29) is 10.9 Å². The van der Waals surface area contributed by atoms with Gasteiger partial charge in [-0.15, -0.1) is 0 Å². The molecular formula is C8H8ClN2O6+. The van der Waals surface area contributed by atoms with Gasteiger partial charge in [-0.3, -0.25) is 15.3 Å². The maximum Gasteiger partial charge on any atom is 0.343 e. The van der Waals surface area contributed by atoms with Gasteiger partial charge < -0.3 is 9.47 Å². The van der Waals surface area contributed by atoms with E-state index in [1.54, 1.807) is 0 Å². The molecule has 0 aliphatic heterocycles. The van der Waals surface area contributed by atoms with Crippen molar-refractivity contribution >= 4 is 23.3 Å². The number of rotatable bonds is 4. The number of esters is 1. The number of nitro groups is 1. The molecule has 0 fully saturated rings. The predicted octanol–water partition coefficient (Wildman–Crippen LogP) is 0.325. The van der Waals surface area contributed by atoms with Crippen molar-refractivity contribution < 1.29 is 29.1 Å². The van der Waals surface area contributed by atoms with Crippen molar-refractivity contribution in [3.63, 3.8) is 0 Å². The SMILES string of the molecule is COC(=O)COc1c[n+](O)c(Cl)cc1[N+](=O)[O-]. The Morgan fingerprint density at radius 1 is 1.71 bits per heavy atom. The molecule has 0 aliphatic carbocycles. The zero-order valence-electron chi connectivity index (χ0n) is 8.62. The molecule has 1 N–H and O–H groups in total. The molecular weight excluding hydrogens is 256 g/mol. The third kappa shape index (κ3) is 3.18. The molecule has 1 aromatic rings. The first-order valence-corrected chi connectivity index (χ1v) is 4.62. The third-order valence-electron chi connectivity index (χ3n) is 1.74. The molecule has 0 aromatic carbocycles. The molecule has 0 saturated heterocycles. The van der Waals surface area contributed by atoms with Gasteiger partial charge in [0.05, 0.1) is 12.0 Å². The largest absolute Gasteiger partial charge is 0.471 e. The maximum atomic E-state index is 10.8. The number of aromatic nitrogens is 1. The smallest absolute Gasteiger partial charge is 0.343 e. The summed E-state index contributed by atoms with van der Waals surface area (Å²) in [5.41, 5.74) is -0.468. The first-order chi connectivity index (χ1) is 7.95. The van der Waals surface area contributed by atoms with Crippen LogP contribution in [-0.4, -0.2) is 29.8 Å².